The fraction of sp³-hybridized carbons (Fsp3) is 1.00. The van der Waals surface area contributed by atoms with Crippen molar-refractivity contribution in [2.45, 2.75) is 25.1 Å². The summed E-state index contributed by atoms with van der Waals surface area (Å²) in [6.45, 7) is 5.86. The van der Waals surface area contributed by atoms with Crippen molar-refractivity contribution in [2.24, 2.45) is 0 Å². The Balaban J connectivity index is 2.75. The molecule has 6 heteroatoms. The molecule has 5 nitrogen and oxygen atoms in total. The van der Waals surface area contributed by atoms with Gasteiger partial charge in [-0.2, -0.15) is 4.31 Å². The largest absolute Gasteiger partial charge is 0.383 e. The van der Waals surface area contributed by atoms with E-state index in [9.17, 15) is 8.42 Å². The summed E-state index contributed by atoms with van der Waals surface area (Å²) < 4.78 is 30.7. The lowest BCUT2D eigenvalue weighted by atomic mass is 10.3. The Morgan fingerprint density at radius 2 is 2.27 bits per heavy atom. The van der Waals surface area contributed by atoms with Crippen LogP contribution in [0.15, 0.2) is 0 Å². The number of hydrogen-bond acceptors (Lipinski definition) is 4. The van der Waals surface area contributed by atoms with Crippen molar-refractivity contribution < 1.29 is 13.2 Å². The Kier molecular flexibility index (Phi) is 4.51. The molecule has 2 atom stereocenters. The van der Waals surface area contributed by atoms with Crippen molar-refractivity contribution >= 4 is 10.0 Å². The molecule has 1 N–H and O–H groups in total. The zero-order valence-corrected chi connectivity index (χ0v) is 10.4. The second-order valence-corrected chi connectivity index (χ2v) is 6.28. The van der Waals surface area contributed by atoms with Gasteiger partial charge in [-0.1, -0.05) is 0 Å². The molecule has 2 unspecified atom stereocenters. The van der Waals surface area contributed by atoms with Crippen LogP contribution in [0.2, 0.25) is 0 Å². The molecule has 90 valence electrons. The first kappa shape index (κ1) is 12.9. The second-order valence-electron chi connectivity index (χ2n) is 3.97. The monoisotopic (exact) mass is 236 g/mol. The molecular formula is C9H20N2O3S. The van der Waals surface area contributed by atoms with Gasteiger partial charge in [-0.05, 0) is 13.8 Å². The van der Waals surface area contributed by atoms with E-state index < -0.39 is 15.3 Å². The first-order chi connectivity index (χ1) is 7.00. The zero-order valence-electron chi connectivity index (χ0n) is 9.56. The van der Waals surface area contributed by atoms with E-state index in [1.165, 1.54) is 7.11 Å². The van der Waals surface area contributed by atoms with Gasteiger partial charge in [-0.15, -0.1) is 0 Å². The number of nitrogens with zero attached hydrogens (tertiary/aromatic N) is 1. The summed E-state index contributed by atoms with van der Waals surface area (Å²) in [6, 6.07) is 0.0306. The molecule has 0 saturated carbocycles. The third kappa shape index (κ3) is 2.90. The van der Waals surface area contributed by atoms with E-state index in [0.29, 0.717) is 6.54 Å². The van der Waals surface area contributed by atoms with E-state index in [-0.39, 0.29) is 12.6 Å². The van der Waals surface area contributed by atoms with Crippen LogP contribution < -0.4 is 5.32 Å². The first-order valence-electron chi connectivity index (χ1n) is 5.20. The van der Waals surface area contributed by atoms with Crippen molar-refractivity contribution in [3.05, 3.63) is 0 Å². The Hall–Kier alpha value is -0.170. The topological polar surface area (TPSA) is 58.6 Å². The third-order valence-corrected chi connectivity index (χ3v) is 5.03. The number of methoxy groups -OCH3 is 1. The van der Waals surface area contributed by atoms with Gasteiger partial charge in [0.15, 0.2) is 0 Å². The van der Waals surface area contributed by atoms with Gasteiger partial charge >= 0.3 is 0 Å². The lowest BCUT2D eigenvalue weighted by molar-refractivity contribution is 0.195. The molecule has 1 aliphatic rings. The molecule has 0 bridgehead atoms. The molecule has 0 radical (unpaired) electrons. The van der Waals surface area contributed by atoms with Crippen molar-refractivity contribution in [3.8, 4) is 0 Å². The van der Waals surface area contributed by atoms with Gasteiger partial charge in [0.1, 0.15) is 0 Å². The highest BCUT2D eigenvalue weighted by Crippen LogP contribution is 2.14. The molecule has 0 amide bonds. The van der Waals surface area contributed by atoms with Crippen LogP contribution in [0.1, 0.15) is 13.8 Å². The molecule has 0 aromatic rings. The Labute approximate surface area is 91.8 Å². The van der Waals surface area contributed by atoms with Gasteiger partial charge in [0.05, 0.1) is 11.9 Å². The molecule has 0 aromatic carbocycles. The number of hydrogen-bond donors (Lipinski definition) is 1. The van der Waals surface area contributed by atoms with Gasteiger partial charge in [-0.3, -0.25) is 0 Å². The molecular weight excluding hydrogens is 216 g/mol. The Bertz CT molecular complexity index is 292. The minimum absolute atomic E-state index is 0.0306. The molecule has 1 rings (SSSR count). The van der Waals surface area contributed by atoms with Crippen LogP contribution in [-0.2, 0) is 14.8 Å². The maximum atomic E-state index is 12.1. The number of sulfonamides is 1. The number of piperazine rings is 1. The predicted octanol–water partition coefficient (Wildman–Crippen LogP) is -0.355. The maximum Gasteiger partial charge on any atom is 0.219 e. The van der Waals surface area contributed by atoms with Crippen LogP contribution in [0.3, 0.4) is 0 Å². The average Bonchev–Trinajstić information content (AvgIpc) is 2.18. The molecule has 1 saturated heterocycles. The standard InChI is InChI=1S/C9H20N2O3S/c1-8-6-10-4-5-11(8)15(12,13)9(2)7-14-3/h8-10H,4-7H2,1-3H3. The van der Waals surface area contributed by atoms with Crippen LogP contribution >= 0.6 is 0 Å². The summed E-state index contributed by atoms with van der Waals surface area (Å²) in [6.07, 6.45) is 0. The van der Waals surface area contributed by atoms with Crippen molar-refractivity contribution in [1.82, 2.24) is 9.62 Å². The zero-order chi connectivity index (χ0) is 11.5. The molecule has 1 heterocycles. The second kappa shape index (κ2) is 5.25. The summed E-state index contributed by atoms with van der Waals surface area (Å²) in [5.41, 5.74) is 0. The van der Waals surface area contributed by atoms with Gasteiger partial charge in [-0.25, -0.2) is 8.42 Å². The van der Waals surface area contributed by atoms with Crippen molar-refractivity contribution in [3.63, 3.8) is 0 Å². The van der Waals surface area contributed by atoms with Crippen molar-refractivity contribution in [2.75, 3.05) is 33.4 Å². The van der Waals surface area contributed by atoms with E-state index in [1.807, 2.05) is 6.92 Å². The molecule has 1 fully saturated rings. The highest BCUT2D eigenvalue weighted by Gasteiger charge is 2.33. The average molecular weight is 236 g/mol. The van der Waals surface area contributed by atoms with E-state index in [0.717, 1.165) is 13.1 Å². The highest BCUT2D eigenvalue weighted by atomic mass is 32.2. The number of rotatable bonds is 4. The van der Waals surface area contributed by atoms with Crippen molar-refractivity contribution in [1.29, 1.82) is 0 Å². The van der Waals surface area contributed by atoms with E-state index >= 15 is 0 Å². The fourth-order valence-corrected chi connectivity index (χ4v) is 3.44. The Morgan fingerprint density at radius 1 is 1.60 bits per heavy atom. The minimum Gasteiger partial charge on any atom is -0.383 e. The lowest BCUT2D eigenvalue weighted by Gasteiger charge is -2.34. The highest BCUT2D eigenvalue weighted by molar-refractivity contribution is 7.89. The van der Waals surface area contributed by atoms with Gasteiger partial charge in [0.25, 0.3) is 0 Å². The molecule has 0 spiro atoms. The number of nitrogens with one attached hydrogen (secondary N) is 1. The number of ether oxygens (including phenoxy) is 1. The minimum atomic E-state index is -3.21. The van der Waals surface area contributed by atoms with Crippen LogP contribution in [0.25, 0.3) is 0 Å². The smallest absolute Gasteiger partial charge is 0.219 e. The summed E-state index contributed by atoms with van der Waals surface area (Å²) >= 11 is 0. The lowest BCUT2D eigenvalue weighted by Crippen LogP contribution is -2.54. The summed E-state index contributed by atoms with van der Waals surface area (Å²) in [5, 5.41) is 2.70. The summed E-state index contributed by atoms with van der Waals surface area (Å²) in [4.78, 5) is 0. The normalized spacial score (nSPS) is 26.5. The van der Waals surface area contributed by atoms with E-state index in [1.54, 1.807) is 11.2 Å². The Morgan fingerprint density at radius 3 is 2.80 bits per heavy atom. The molecule has 15 heavy (non-hydrogen) atoms. The SMILES string of the molecule is COCC(C)S(=O)(=O)N1CCNCC1C. The predicted molar refractivity (Wildman–Crippen MR) is 59.3 cm³/mol. The van der Waals surface area contributed by atoms with Crippen LogP contribution in [-0.4, -0.2) is 57.4 Å². The fourth-order valence-electron chi connectivity index (χ4n) is 1.75. The summed E-state index contributed by atoms with van der Waals surface area (Å²) in [7, 11) is -1.68. The quantitative estimate of drug-likeness (QED) is 0.724. The van der Waals surface area contributed by atoms with E-state index in [4.69, 9.17) is 4.74 Å². The molecule has 0 aliphatic carbocycles. The van der Waals surface area contributed by atoms with E-state index in [2.05, 4.69) is 5.32 Å². The van der Waals surface area contributed by atoms with Gasteiger partial charge in [0.2, 0.25) is 10.0 Å². The van der Waals surface area contributed by atoms with Gasteiger partial charge in [0, 0.05) is 32.8 Å². The first-order valence-corrected chi connectivity index (χ1v) is 6.70. The molecule has 0 aromatic heterocycles. The molecule has 1 aliphatic heterocycles. The summed E-state index contributed by atoms with van der Waals surface area (Å²) in [5.74, 6) is 0. The van der Waals surface area contributed by atoms with Crippen LogP contribution in [0.5, 0.6) is 0 Å². The maximum absolute atomic E-state index is 12.1. The van der Waals surface area contributed by atoms with Gasteiger partial charge < -0.3 is 10.1 Å². The van der Waals surface area contributed by atoms with Crippen LogP contribution in [0, 0.1) is 0 Å². The third-order valence-electron chi connectivity index (χ3n) is 2.68. The van der Waals surface area contributed by atoms with Crippen LogP contribution in [0.4, 0.5) is 0 Å².